The van der Waals surface area contributed by atoms with E-state index in [0.717, 1.165) is 31.5 Å². The smallest absolute Gasteiger partial charge is 0.0991 e. The maximum Gasteiger partial charge on any atom is 0.0991 e. The summed E-state index contributed by atoms with van der Waals surface area (Å²) in [6.07, 6.45) is 7.91. The third-order valence-corrected chi connectivity index (χ3v) is 3.37. The fourth-order valence-electron chi connectivity index (χ4n) is 2.15. The SMILES string of the molecule is CC(NCCCCn1ccnc1)c1cccc(C#N)c1. The van der Waals surface area contributed by atoms with E-state index in [0.29, 0.717) is 0 Å². The van der Waals surface area contributed by atoms with Gasteiger partial charge in [0, 0.05) is 25.0 Å². The monoisotopic (exact) mass is 268 g/mol. The van der Waals surface area contributed by atoms with Crippen LogP contribution in [0.4, 0.5) is 0 Å². The van der Waals surface area contributed by atoms with Gasteiger partial charge in [0.15, 0.2) is 0 Å². The molecule has 0 spiro atoms. The molecule has 0 aliphatic heterocycles. The second kappa shape index (κ2) is 7.46. The first kappa shape index (κ1) is 14.3. The van der Waals surface area contributed by atoms with Crippen LogP contribution in [-0.4, -0.2) is 16.1 Å². The van der Waals surface area contributed by atoms with Gasteiger partial charge in [-0.05, 0) is 44.0 Å². The molecule has 0 amide bonds. The third kappa shape index (κ3) is 4.22. The molecule has 4 heteroatoms. The average Bonchev–Trinajstić information content (AvgIpc) is 3.00. The van der Waals surface area contributed by atoms with Gasteiger partial charge in [0.1, 0.15) is 0 Å². The number of rotatable bonds is 7. The minimum atomic E-state index is 0.275. The Labute approximate surface area is 120 Å². The molecule has 1 aromatic heterocycles. The molecule has 1 heterocycles. The molecule has 0 bridgehead atoms. The van der Waals surface area contributed by atoms with E-state index in [1.54, 1.807) is 0 Å². The maximum atomic E-state index is 8.90. The number of hydrogen-bond donors (Lipinski definition) is 1. The van der Waals surface area contributed by atoms with Gasteiger partial charge in [0.25, 0.3) is 0 Å². The van der Waals surface area contributed by atoms with E-state index in [1.807, 2.05) is 36.9 Å². The Bertz CT molecular complexity index is 554. The maximum absolute atomic E-state index is 8.90. The quantitative estimate of drug-likeness (QED) is 0.786. The summed E-state index contributed by atoms with van der Waals surface area (Å²) in [5.41, 5.74) is 1.88. The number of nitriles is 1. The van der Waals surface area contributed by atoms with Crippen molar-refractivity contribution in [3.05, 3.63) is 54.1 Å². The Morgan fingerprint density at radius 1 is 1.40 bits per heavy atom. The molecule has 0 saturated heterocycles. The van der Waals surface area contributed by atoms with Gasteiger partial charge in [0.05, 0.1) is 18.0 Å². The second-order valence-corrected chi connectivity index (χ2v) is 4.92. The molecule has 104 valence electrons. The fourth-order valence-corrected chi connectivity index (χ4v) is 2.15. The summed E-state index contributed by atoms with van der Waals surface area (Å²) in [4.78, 5) is 4.03. The molecule has 0 radical (unpaired) electrons. The summed E-state index contributed by atoms with van der Waals surface area (Å²) in [7, 11) is 0. The molecule has 0 saturated carbocycles. The average molecular weight is 268 g/mol. The predicted octanol–water partition coefficient (Wildman–Crippen LogP) is 2.89. The zero-order valence-electron chi connectivity index (χ0n) is 11.8. The lowest BCUT2D eigenvalue weighted by Crippen LogP contribution is -2.20. The van der Waals surface area contributed by atoms with Gasteiger partial charge in [-0.2, -0.15) is 5.26 Å². The van der Waals surface area contributed by atoms with Crippen LogP contribution in [0, 0.1) is 11.3 Å². The summed E-state index contributed by atoms with van der Waals surface area (Å²) in [5, 5.41) is 12.4. The highest BCUT2D eigenvalue weighted by Crippen LogP contribution is 2.13. The molecular weight excluding hydrogens is 248 g/mol. The molecule has 0 fully saturated rings. The standard InChI is InChI=1S/C16H20N4/c1-14(16-6-4-5-15(11-16)12-17)19-7-2-3-9-20-10-8-18-13-20/h4-6,8,10-11,13-14,19H,2-3,7,9H2,1H3. The molecule has 2 aromatic rings. The van der Waals surface area contributed by atoms with Crippen molar-refractivity contribution in [2.45, 2.75) is 32.4 Å². The summed E-state index contributed by atoms with van der Waals surface area (Å²) < 4.78 is 2.10. The first-order valence-corrected chi connectivity index (χ1v) is 6.99. The van der Waals surface area contributed by atoms with E-state index < -0.39 is 0 Å². The predicted molar refractivity (Wildman–Crippen MR) is 79.0 cm³/mol. The van der Waals surface area contributed by atoms with Crippen LogP contribution >= 0.6 is 0 Å². The van der Waals surface area contributed by atoms with E-state index in [4.69, 9.17) is 5.26 Å². The highest BCUT2D eigenvalue weighted by molar-refractivity contribution is 5.33. The van der Waals surface area contributed by atoms with Crippen LogP contribution < -0.4 is 5.32 Å². The Morgan fingerprint density at radius 3 is 3.05 bits per heavy atom. The Kier molecular flexibility index (Phi) is 5.33. The first-order valence-electron chi connectivity index (χ1n) is 6.99. The fraction of sp³-hybridized carbons (Fsp3) is 0.375. The lowest BCUT2D eigenvalue weighted by atomic mass is 10.1. The summed E-state index contributed by atoms with van der Waals surface area (Å²) in [6.45, 7) is 4.12. The third-order valence-electron chi connectivity index (χ3n) is 3.37. The van der Waals surface area contributed by atoms with Crippen molar-refractivity contribution < 1.29 is 0 Å². The molecule has 2 rings (SSSR count). The largest absolute Gasteiger partial charge is 0.337 e. The van der Waals surface area contributed by atoms with Crippen LogP contribution in [-0.2, 0) is 6.54 Å². The number of benzene rings is 1. The van der Waals surface area contributed by atoms with Crippen LogP contribution in [0.15, 0.2) is 43.0 Å². The number of nitrogens with zero attached hydrogens (tertiary/aromatic N) is 3. The first-order chi connectivity index (χ1) is 9.79. The van der Waals surface area contributed by atoms with Crippen molar-refractivity contribution in [2.24, 2.45) is 0 Å². The van der Waals surface area contributed by atoms with Gasteiger partial charge in [-0.3, -0.25) is 0 Å². The summed E-state index contributed by atoms with van der Waals surface area (Å²) in [5.74, 6) is 0. The van der Waals surface area contributed by atoms with Gasteiger partial charge in [-0.25, -0.2) is 4.98 Å². The number of nitrogens with one attached hydrogen (secondary N) is 1. The van der Waals surface area contributed by atoms with E-state index in [1.165, 1.54) is 5.56 Å². The molecule has 20 heavy (non-hydrogen) atoms. The molecule has 1 unspecified atom stereocenters. The number of unbranched alkanes of at least 4 members (excludes halogenated alkanes) is 1. The van der Waals surface area contributed by atoms with Gasteiger partial charge in [0.2, 0.25) is 0 Å². The van der Waals surface area contributed by atoms with Crippen molar-refractivity contribution >= 4 is 0 Å². The van der Waals surface area contributed by atoms with Crippen molar-refractivity contribution in [3.63, 3.8) is 0 Å². The molecule has 1 N–H and O–H groups in total. The topological polar surface area (TPSA) is 53.6 Å². The lowest BCUT2D eigenvalue weighted by molar-refractivity contribution is 0.523. The normalized spacial score (nSPS) is 12.0. The molecule has 0 aliphatic rings. The lowest BCUT2D eigenvalue weighted by Gasteiger charge is -2.14. The number of aromatic nitrogens is 2. The highest BCUT2D eigenvalue weighted by atomic mass is 15.0. The van der Waals surface area contributed by atoms with E-state index >= 15 is 0 Å². The van der Waals surface area contributed by atoms with E-state index in [9.17, 15) is 0 Å². The van der Waals surface area contributed by atoms with Gasteiger partial charge < -0.3 is 9.88 Å². The molecule has 4 nitrogen and oxygen atoms in total. The highest BCUT2D eigenvalue weighted by Gasteiger charge is 2.04. The Hall–Kier alpha value is -2.12. The van der Waals surface area contributed by atoms with Gasteiger partial charge in [-0.15, -0.1) is 0 Å². The van der Waals surface area contributed by atoms with Gasteiger partial charge >= 0.3 is 0 Å². The number of imidazole rings is 1. The van der Waals surface area contributed by atoms with Crippen molar-refractivity contribution in [1.82, 2.24) is 14.9 Å². The van der Waals surface area contributed by atoms with Crippen LogP contribution in [0.25, 0.3) is 0 Å². The van der Waals surface area contributed by atoms with Crippen LogP contribution in [0.1, 0.15) is 36.9 Å². The zero-order valence-corrected chi connectivity index (χ0v) is 11.8. The minimum Gasteiger partial charge on any atom is -0.337 e. The van der Waals surface area contributed by atoms with Crippen LogP contribution in [0.3, 0.4) is 0 Å². The van der Waals surface area contributed by atoms with Gasteiger partial charge in [-0.1, -0.05) is 12.1 Å². The van der Waals surface area contributed by atoms with Crippen molar-refractivity contribution in [2.75, 3.05) is 6.54 Å². The van der Waals surface area contributed by atoms with Crippen molar-refractivity contribution in [1.29, 1.82) is 5.26 Å². The Balaban J connectivity index is 1.69. The minimum absolute atomic E-state index is 0.275. The summed E-state index contributed by atoms with van der Waals surface area (Å²) in [6, 6.07) is 10.2. The van der Waals surface area contributed by atoms with Crippen molar-refractivity contribution in [3.8, 4) is 6.07 Å². The molecule has 0 aliphatic carbocycles. The summed E-state index contributed by atoms with van der Waals surface area (Å²) >= 11 is 0. The second-order valence-electron chi connectivity index (χ2n) is 4.92. The zero-order chi connectivity index (χ0) is 14.2. The Morgan fingerprint density at radius 2 is 2.30 bits per heavy atom. The van der Waals surface area contributed by atoms with Crippen LogP contribution in [0.2, 0.25) is 0 Å². The van der Waals surface area contributed by atoms with E-state index in [-0.39, 0.29) is 6.04 Å². The van der Waals surface area contributed by atoms with E-state index in [2.05, 4.69) is 33.9 Å². The number of aryl methyl sites for hydroxylation is 1. The molecule has 1 atom stereocenters. The molecular formula is C16H20N4. The van der Waals surface area contributed by atoms with Crippen LogP contribution in [0.5, 0.6) is 0 Å². The molecule has 1 aromatic carbocycles. The number of hydrogen-bond acceptors (Lipinski definition) is 3.